The molecule has 0 aliphatic carbocycles. The number of hydrogen-bond donors (Lipinski definition) is 0. The largest absolute Gasteiger partial charge is 0.381 e. The van der Waals surface area contributed by atoms with E-state index in [0.29, 0.717) is 19.0 Å². The Hall–Kier alpha value is -2.98. The van der Waals surface area contributed by atoms with E-state index in [1.54, 1.807) is 0 Å². The van der Waals surface area contributed by atoms with Gasteiger partial charge in [-0.1, -0.05) is 5.16 Å². The molecule has 4 aromatic heterocycles. The average Bonchev–Trinajstić information content (AvgIpc) is 3.39. The quantitative estimate of drug-likeness (QED) is 0.405. The van der Waals surface area contributed by atoms with Crippen molar-refractivity contribution in [3.63, 3.8) is 0 Å². The Morgan fingerprint density at radius 3 is 2.56 bits per heavy atom. The van der Waals surface area contributed by atoms with Gasteiger partial charge in [-0.25, -0.2) is 13.4 Å². The van der Waals surface area contributed by atoms with E-state index in [1.807, 2.05) is 26.1 Å². The Kier molecular flexibility index (Phi) is 5.75. The maximum Gasteiger partial charge on any atom is 0.153 e. The van der Waals surface area contributed by atoms with Crippen LogP contribution >= 0.6 is 0 Å². The second-order valence-electron chi connectivity index (χ2n) is 10.0. The molecule has 0 aromatic carbocycles. The Balaban J connectivity index is 1.53. The zero-order valence-corrected chi connectivity index (χ0v) is 21.7. The zero-order chi connectivity index (χ0) is 25.0. The minimum absolute atomic E-state index is 0.163. The summed E-state index contributed by atoms with van der Waals surface area (Å²) in [5.41, 5.74) is 5.63. The minimum Gasteiger partial charge on any atom is -0.381 e. The van der Waals surface area contributed by atoms with Crippen LogP contribution in [-0.4, -0.2) is 65.9 Å². The SMILES string of the molecule is Cc1noc(C)c1-c1cnc2c3ccc(N4CCS(=O)(=O)CC4)nc3n([C@H](C)C3CCOCC3)c2c1. The third kappa shape index (κ3) is 3.96. The topological polar surface area (TPSA) is 103 Å². The van der Waals surface area contributed by atoms with Gasteiger partial charge in [0.1, 0.15) is 17.2 Å². The smallest absolute Gasteiger partial charge is 0.153 e. The van der Waals surface area contributed by atoms with Crippen LogP contribution in [0.3, 0.4) is 0 Å². The molecule has 6 rings (SSSR count). The van der Waals surface area contributed by atoms with E-state index >= 15 is 0 Å². The van der Waals surface area contributed by atoms with Crippen molar-refractivity contribution in [2.45, 2.75) is 39.7 Å². The molecule has 2 aliphatic heterocycles. The summed E-state index contributed by atoms with van der Waals surface area (Å²) in [4.78, 5) is 12.1. The average molecular weight is 510 g/mol. The summed E-state index contributed by atoms with van der Waals surface area (Å²) in [7, 11) is -2.97. The molecule has 2 aliphatic rings. The third-order valence-electron chi connectivity index (χ3n) is 7.82. The van der Waals surface area contributed by atoms with Crippen LogP contribution in [0.4, 0.5) is 5.82 Å². The number of pyridine rings is 2. The van der Waals surface area contributed by atoms with E-state index < -0.39 is 9.84 Å². The lowest BCUT2D eigenvalue weighted by atomic mass is 9.92. The van der Waals surface area contributed by atoms with Crippen molar-refractivity contribution in [2.24, 2.45) is 5.92 Å². The van der Waals surface area contributed by atoms with Crippen molar-refractivity contribution in [3.05, 3.63) is 35.9 Å². The van der Waals surface area contributed by atoms with Gasteiger partial charge in [0.25, 0.3) is 0 Å². The summed E-state index contributed by atoms with van der Waals surface area (Å²) in [6.45, 7) is 8.61. The second-order valence-corrected chi connectivity index (χ2v) is 12.3. The molecule has 36 heavy (non-hydrogen) atoms. The number of aromatic nitrogens is 4. The van der Waals surface area contributed by atoms with Crippen molar-refractivity contribution in [1.82, 2.24) is 19.7 Å². The van der Waals surface area contributed by atoms with Gasteiger partial charge in [0.05, 0.1) is 28.2 Å². The number of fused-ring (bicyclic) bond motifs is 3. The zero-order valence-electron chi connectivity index (χ0n) is 20.9. The van der Waals surface area contributed by atoms with Gasteiger partial charge in [-0.3, -0.25) is 4.98 Å². The normalized spacial score (nSPS) is 19.8. The molecule has 190 valence electrons. The summed E-state index contributed by atoms with van der Waals surface area (Å²) in [5.74, 6) is 2.37. The molecule has 0 spiro atoms. The summed E-state index contributed by atoms with van der Waals surface area (Å²) >= 11 is 0. The van der Waals surface area contributed by atoms with Crippen LogP contribution in [0.15, 0.2) is 28.9 Å². The molecular formula is C26H31N5O4S. The molecule has 0 amide bonds. The lowest BCUT2D eigenvalue weighted by Gasteiger charge is -2.30. The van der Waals surface area contributed by atoms with Crippen molar-refractivity contribution in [2.75, 3.05) is 42.7 Å². The van der Waals surface area contributed by atoms with Gasteiger partial charge in [0.2, 0.25) is 0 Å². The van der Waals surface area contributed by atoms with Crippen LogP contribution in [0, 0.1) is 19.8 Å². The Labute approximate surface area is 210 Å². The first-order chi connectivity index (χ1) is 17.3. The van der Waals surface area contributed by atoms with E-state index in [0.717, 1.165) is 76.5 Å². The van der Waals surface area contributed by atoms with E-state index in [2.05, 4.69) is 33.7 Å². The van der Waals surface area contributed by atoms with Crippen molar-refractivity contribution >= 4 is 37.7 Å². The lowest BCUT2D eigenvalue weighted by molar-refractivity contribution is 0.0524. The monoisotopic (exact) mass is 509 g/mol. The van der Waals surface area contributed by atoms with Gasteiger partial charge >= 0.3 is 0 Å². The first kappa shape index (κ1) is 23.4. The number of aryl methyl sites for hydroxylation is 2. The van der Waals surface area contributed by atoms with Crippen molar-refractivity contribution < 1.29 is 17.7 Å². The molecule has 2 saturated heterocycles. The fraction of sp³-hybridized carbons (Fsp3) is 0.500. The number of ether oxygens (including phenoxy) is 1. The van der Waals surface area contributed by atoms with Crippen LogP contribution in [0.1, 0.15) is 37.3 Å². The van der Waals surface area contributed by atoms with Crippen molar-refractivity contribution in [1.29, 1.82) is 0 Å². The number of anilines is 1. The molecule has 9 nitrogen and oxygen atoms in total. The van der Waals surface area contributed by atoms with Crippen LogP contribution in [0.25, 0.3) is 33.2 Å². The fourth-order valence-electron chi connectivity index (χ4n) is 5.74. The predicted octanol–water partition coefficient (Wildman–Crippen LogP) is 4.08. The molecule has 2 fully saturated rings. The van der Waals surface area contributed by atoms with Gasteiger partial charge < -0.3 is 18.7 Å². The van der Waals surface area contributed by atoms with Crippen LogP contribution in [0.2, 0.25) is 0 Å². The molecule has 1 atom stereocenters. The molecule has 6 heterocycles. The lowest BCUT2D eigenvalue weighted by Crippen LogP contribution is -2.40. The first-order valence-electron chi connectivity index (χ1n) is 12.6. The molecule has 0 N–H and O–H groups in total. The van der Waals surface area contributed by atoms with E-state index in [-0.39, 0.29) is 17.5 Å². The highest BCUT2D eigenvalue weighted by atomic mass is 32.2. The van der Waals surface area contributed by atoms with E-state index in [9.17, 15) is 8.42 Å². The standard InChI is InChI=1S/C26H31N5O4S/c1-16-24(18(3)35-29-16)20-14-22-25(27-15-20)21-4-5-23(30-8-12-36(32,33)13-9-30)28-26(21)31(22)17(2)19-6-10-34-11-7-19/h4-5,14-15,17,19H,6-13H2,1-3H3/t17-/m1/s1. The number of sulfone groups is 1. The molecule has 10 heteroatoms. The Morgan fingerprint density at radius 2 is 1.86 bits per heavy atom. The van der Waals surface area contributed by atoms with Crippen molar-refractivity contribution in [3.8, 4) is 11.1 Å². The van der Waals surface area contributed by atoms with Gasteiger partial charge in [-0.2, -0.15) is 0 Å². The summed E-state index contributed by atoms with van der Waals surface area (Å²) in [6.07, 6.45) is 3.90. The Bertz CT molecular complexity index is 1520. The number of nitrogens with zero attached hydrogens (tertiary/aromatic N) is 5. The molecular weight excluding hydrogens is 478 g/mol. The maximum absolute atomic E-state index is 12.0. The molecule has 0 saturated carbocycles. The van der Waals surface area contributed by atoms with Gasteiger partial charge in [-0.15, -0.1) is 0 Å². The highest BCUT2D eigenvalue weighted by Gasteiger charge is 2.28. The highest BCUT2D eigenvalue weighted by Crippen LogP contribution is 2.38. The number of hydrogen-bond acceptors (Lipinski definition) is 8. The molecule has 0 bridgehead atoms. The Morgan fingerprint density at radius 1 is 1.11 bits per heavy atom. The number of rotatable bonds is 4. The molecule has 0 radical (unpaired) electrons. The highest BCUT2D eigenvalue weighted by molar-refractivity contribution is 7.91. The predicted molar refractivity (Wildman–Crippen MR) is 139 cm³/mol. The van der Waals surface area contributed by atoms with Gasteiger partial charge in [0.15, 0.2) is 9.84 Å². The maximum atomic E-state index is 12.0. The van der Waals surface area contributed by atoms with Gasteiger partial charge in [-0.05, 0) is 57.7 Å². The van der Waals surface area contributed by atoms with E-state index in [1.165, 1.54) is 0 Å². The summed E-state index contributed by atoms with van der Waals surface area (Å²) in [5, 5.41) is 5.14. The molecule has 0 unspecified atom stereocenters. The second kappa shape index (κ2) is 8.85. The first-order valence-corrected chi connectivity index (χ1v) is 14.4. The summed E-state index contributed by atoms with van der Waals surface area (Å²) < 4.78 is 37.4. The minimum atomic E-state index is -2.97. The van der Waals surface area contributed by atoms with Crippen LogP contribution in [-0.2, 0) is 14.6 Å². The third-order valence-corrected chi connectivity index (χ3v) is 9.43. The summed E-state index contributed by atoms with van der Waals surface area (Å²) in [6, 6.07) is 6.45. The molecule has 4 aromatic rings. The van der Waals surface area contributed by atoms with Gasteiger partial charge in [0, 0.05) is 55.1 Å². The van der Waals surface area contributed by atoms with Crippen LogP contribution in [0.5, 0.6) is 0 Å². The van der Waals surface area contributed by atoms with Crippen LogP contribution < -0.4 is 4.90 Å². The fourth-order valence-corrected chi connectivity index (χ4v) is 6.94. The van der Waals surface area contributed by atoms with E-state index in [4.69, 9.17) is 19.2 Å².